The lowest BCUT2D eigenvalue weighted by atomic mass is 10.0. The highest BCUT2D eigenvalue weighted by Crippen LogP contribution is 2.41. The molecular formula is C20H29N3O2. The molecule has 2 heterocycles. The maximum absolute atomic E-state index is 13.1. The maximum Gasteiger partial charge on any atom is 0.261 e. The third kappa shape index (κ3) is 3.38. The number of morpholine rings is 1. The van der Waals surface area contributed by atoms with Crippen LogP contribution in [0.15, 0.2) is 23.9 Å². The number of amides is 1. The number of fused-ring (bicyclic) bond motifs is 1. The molecule has 3 rings (SSSR count). The van der Waals surface area contributed by atoms with Crippen LogP contribution >= 0.6 is 0 Å². The summed E-state index contributed by atoms with van der Waals surface area (Å²) in [6.07, 6.45) is 2.15. The van der Waals surface area contributed by atoms with Gasteiger partial charge in [-0.3, -0.25) is 4.79 Å². The van der Waals surface area contributed by atoms with Crippen molar-refractivity contribution in [2.45, 2.75) is 52.6 Å². The zero-order valence-corrected chi connectivity index (χ0v) is 15.7. The first-order valence-corrected chi connectivity index (χ1v) is 9.36. The molecule has 0 atom stereocenters. The van der Waals surface area contributed by atoms with Gasteiger partial charge in [-0.15, -0.1) is 0 Å². The Morgan fingerprint density at radius 3 is 2.64 bits per heavy atom. The second-order valence-electron chi connectivity index (χ2n) is 6.99. The molecule has 2 N–H and O–H groups in total. The van der Waals surface area contributed by atoms with Gasteiger partial charge in [0, 0.05) is 29.9 Å². The summed E-state index contributed by atoms with van der Waals surface area (Å²) in [7, 11) is 0. The number of anilines is 2. The first kappa shape index (κ1) is 17.8. The Kier molecular flexibility index (Phi) is 5.33. The van der Waals surface area contributed by atoms with Crippen molar-refractivity contribution >= 4 is 22.9 Å². The first-order valence-electron chi connectivity index (χ1n) is 9.36. The van der Waals surface area contributed by atoms with Crippen LogP contribution < -0.4 is 15.5 Å². The minimum Gasteiger partial charge on any atom is -0.383 e. The molecule has 25 heavy (non-hydrogen) atoms. The molecule has 0 radical (unpaired) electrons. The summed E-state index contributed by atoms with van der Waals surface area (Å²) in [6, 6.07) is 6.83. The molecule has 0 aliphatic carbocycles. The molecule has 0 unspecified atom stereocenters. The number of carbonyl (C=O) groups is 1. The van der Waals surface area contributed by atoms with Crippen LogP contribution in [0.3, 0.4) is 0 Å². The third-order valence-electron chi connectivity index (χ3n) is 4.96. The number of ether oxygens (including phenoxy) is 1. The number of carbonyl (C=O) groups excluding carboxylic acids is 1. The van der Waals surface area contributed by atoms with Crippen molar-refractivity contribution in [3.8, 4) is 0 Å². The molecule has 0 bridgehead atoms. The van der Waals surface area contributed by atoms with Crippen molar-refractivity contribution in [2.75, 3.05) is 30.0 Å². The zero-order chi connectivity index (χ0) is 18.0. The first-order chi connectivity index (χ1) is 12.1. The van der Waals surface area contributed by atoms with Gasteiger partial charge < -0.3 is 20.3 Å². The Labute approximate surface area is 150 Å². The molecule has 2 aliphatic rings. The number of hydrogen-bond acceptors (Lipinski definition) is 4. The summed E-state index contributed by atoms with van der Waals surface area (Å²) in [4.78, 5) is 15.0. The third-order valence-corrected chi connectivity index (χ3v) is 4.96. The van der Waals surface area contributed by atoms with Gasteiger partial charge in [0.1, 0.15) is 0 Å². The molecule has 5 nitrogen and oxygen atoms in total. The van der Waals surface area contributed by atoms with Gasteiger partial charge in [0.15, 0.2) is 0 Å². The molecule has 1 saturated heterocycles. The van der Waals surface area contributed by atoms with Gasteiger partial charge in [-0.2, -0.15) is 0 Å². The minimum absolute atomic E-state index is 0.0673. The quantitative estimate of drug-likeness (QED) is 0.805. The summed E-state index contributed by atoms with van der Waals surface area (Å²) >= 11 is 0. The number of nitrogens with zero attached hydrogens (tertiary/aromatic N) is 1. The van der Waals surface area contributed by atoms with E-state index in [4.69, 9.17) is 4.74 Å². The van der Waals surface area contributed by atoms with Crippen molar-refractivity contribution in [3.05, 3.63) is 29.5 Å². The lowest BCUT2D eigenvalue weighted by Gasteiger charge is -2.22. The molecule has 0 aromatic heterocycles. The Hall–Kier alpha value is -2.01. The van der Waals surface area contributed by atoms with Crippen LogP contribution in [0.4, 0.5) is 11.4 Å². The van der Waals surface area contributed by atoms with Crippen LogP contribution in [0.5, 0.6) is 0 Å². The highest BCUT2D eigenvalue weighted by atomic mass is 16.5. The summed E-state index contributed by atoms with van der Waals surface area (Å²) in [5, 5.41) is 6.95. The van der Waals surface area contributed by atoms with Crippen molar-refractivity contribution in [3.63, 3.8) is 0 Å². The average Bonchev–Trinajstić information content (AvgIpc) is 2.91. The van der Waals surface area contributed by atoms with E-state index in [2.05, 4.69) is 56.5 Å². The van der Waals surface area contributed by atoms with E-state index in [1.807, 2.05) is 4.90 Å². The van der Waals surface area contributed by atoms with Crippen LogP contribution in [0.2, 0.25) is 0 Å². The van der Waals surface area contributed by atoms with Crippen molar-refractivity contribution in [2.24, 2.45) is 0 Å². The molecule has 1 fully saturated rings. The van der Waals surface area contributed by atoms with Gasteiger partial charge >= 0.3 is 0 Å². The van der Waals surface area contributed by atoms with Crippen molar-refractivity contribution < 1.29 is 9.53 Å². The molecule has 136 valence electrons. The standard InChI is InChI=1S/C20H29N3O2/c1-5-14(6-2)22-15-7-8-18-16(11-15)19(17-12-25-10-9-21-17)20(24)23(18)13(3)4/h7-8,11,13-14,21-22H,5-6,9-10,12H2,1-4H3/b19-17-. The lowest BCUT2D eigenvalue weighted by Crippen LogP contribution is -2.35. The van der Waals surface area contributed by atoms with E-state index in [0.717, 1.165) is 47.6 Å². The molecular weight excluding hydrogens is 314 g/mol. The number of rotatable bonds is 5. The highest BCUT2D eigenvalue weighted by molar-refractivity contribution is 6.33. The molecule has 5 heteroatoms. The molecule has 1 aromatic rings. The molecule has 1 amide bonds. The van der Waals surface area contributed by atoms with Gasteiger partial charge in [0.25, 0.3) is 5.91 Å². The maximum atomic E-state index is 13.1. The Bertz CT molecular complexity index is 670. The normalized spacial score (nSPS) is 20.2. The predicted octanol–water partition coefficient (Wildman–Crippen LogP) is 3.37. The van der Waals surface area contributed by atoms with Gasteiger partial charge in [0.05, 0.1) is 30.2 Å². The monoisotopic (exact) mass is 343 g/mol. The van der Waals surface area contributed by atoms with Crippen molar-refractivity contribution in [1.29, 1.82) is 0 Å². The Morgan fingerprint density at radius 1 is 1.28 bits per heavy atom. The fourth-order valence-electron chi connectivity index (χ4n) is 3.57. The van der Waals surface area contributed by atoms with Crippen LogP contribution in [0.1, 0.15) is 46.1 Å². The van der Waals surface area contributed by atoms with E-state index >= 15 is 0 Å². The topological polar surface area (TPSA) is 53.6 Å². The zero-order valence-electron chi connectivity index (χ0n) is 15.7. The van der Waals surface area contributed by atoms with E-state index in [-0.39, 0.29) is 11.9 Å². The Morgan fingerprint density at radius 2 is 2.04 bits per heavy atom. The molecule has 0 spiro atoms. The summed E-state index contributed by atoms with van der Waals surface area (Å²) in [5.41, 5.74) is 4.73. The SMILES string of the molecule is CCC(CC)Nc1ccc2c(c1)/C(=C1\COCCN1)C(=O)N2C(C)C. The van der Waals surface area contributed by atoms with Crippen LogP contribution in [-0.4, -0.2) is 37.7 Å². The number of hydrogen-bond donors (Lipinski definition) is 2. The van der Waals surface area contributed by atoms with Crippen LogP contribution in [0.25, 0.3) is 5.57 Å². The number of benzene rings is 1. The smallest absolute Gasteiger partial charge is 0.261 e. The van der Waals surface area contributed by atoms with Gasteiger partial charge in [0.2, 0.25) is 0 Å². The number of nitrogens with one attached hydrogen (secondary N) is 2. The second kappa shape index (κ2) is 7.48. The predicted molar refractivity (Wildman–Crippen MR) is 103 cm³/mol. The molecule has 0 saturated carbocycles. The van der Waals surface area contributed by atoms with E-state index in [1.165, 1.54) is 0 Å². The Balaban J connectivity index is 2.04. The minimum atomic E-state index is 0.0673. The summed E-state index contributed by atoms with van der Waals surface area (Å²) in [5.74, 6) is 0.0673. The van der Waals surface area contributed by atoms with Crippen molar-refractivity contribution in [1.82, 2.24) is 5.32 Å². The second-order valence-corrected chi connectivity index (χ2v) is 6.99. The van der Waals surface area contributed by atoms with Crippen LogP contribution in [-0.2, 0) is 9.53 Å². The summed E-state index contributed by atoms with van der Waals surface area (Å²) in [6.45, 7) is 10.4. The molecule has 1 aromatic carbocycles. The van der Waals surface area contributed by atoms with E-state index in [9.17, 15) is 4.79 Å². The lowest BCUT2D eigenvalue weighted by molar-refractivity contribution is -0.113. The fourth-order valence-corrected chi connectivity index (χ4v) is 3.57. The molecule has 2 aliphatic heterocycles. The fraction of sp³-hybridized carbons (Fsp3) is 0.550. The van der Waals surface area contributed by atoms with Gasteiger partial charge in [-0.25, -0.2) is 0 Å². The van der Waals surface area contributed by atoms with Gasteiger partial charge in [-0.05, 0) is 44.9 Å². The van der Waals surface area contributed by atoms with E-state index in [0.29, 0.717) is 19.3 Å². The van der Waals surface area contributed by atoms with E-state index in [1.54, 1.807) is 0 Å². The van der Waals surface area contributed by atoms with Gasteiger partial charge in [-0.1, -0.05) is 13.8 Å². The average molecular weight is 343 g/mol. The summed E-state index contributed by atoms with van der Waals surface area (Å²) < 4.78 is 5.58. The van der Waals surface area contributed by atoms with E-state index < -0.39 is 0 Å². The highest BCUT2D eigenvalue weighted by Gasteiger charge is 2.36. The van der Waals surface area contributed by atoms with Crippen LogP contribution in [0, 0.1) is 0 Å². The largest absolute Gasteiger partial charge is 0.383 e.